The average Bonchev–Trinajstić information content (AvgIpc) is 2.68. The average molecular weight is 391 g/mol. The van der Waals surface area contributed by atoms with Crippen molar-refractivity contribution in [2.45, 2.75) is 31.5 Å². The summed E-state index contributed by atoms with van der Waals surface area (Å²) < 4.78 is 22.6. The third kappa shape index (κ3) is 3.98. The number of hydrogen-bond acceptors (Lipinski definition) is 7. The van der Waals surface area contributed by atoms with Gasteiger partial charge in [-0.2, -0.15) is 0 Å². The second-order valence-electron chi connectivity index (χ2n) is 4.74. The van der Waals surface area contributed by atoms with Crippen LogP contribution in [0.15, 0.2) is 11.0 Å². The van der Waals surface area contributed by atoms with Crippen molar-refractivity contribution in [1.82, 2.24) is 9.55 Å². The fourth-order valence-corrected chi connectivity index (χ4v) is 2.94. The Morgan fingerprint density at radius 2 is 2.14 bits per heavy atom. The van der Waals surface area contributed by atoms with Crippen LogP contribution >= 0.6 is 40.8 Å². The van der Waals surface area contributed by atoms with Gasteiger partial charge in [-0.25, -0.2) is 0 Å². The highest BCUT2D eigenvalue weighted by molar-refractivity contribution is 8.05. The summed E-state index contributed by atoms with van der Waals surface area (Å²) in [4.78, 5) is 13.9. The lowest BCUT2D eigenvalue weighted by Gasteiger charge is -2.18. The van der Waals surface area contributed by atoms with Crippen molar-refractivity contribution in [2.75, 3.05) is 6.61 Å². The molecule has 0 bridgehead atoms. The van der Waals surface area contributed by atoms with E-state index in [1.807, 2.05) is 0 Å². The van der Waals surface area contributed by atoms with Gasteiger partial charge in [-0.1, -0.05) is 0 Å². The van der Waals surface area contributed by atoms with Gasteiger partial charge in [-0.3, -0.25) is 18.9 Å². The quantitative estimate of drug-likeness (QED) is 0.526. The number of aliphatic hydroxyl groups excluding tert-OH is 2. The number of H-pyrrole nitrogens is 1. The third-order valence-corrected chi connectivity index (χ3v) is 4.49. The van der Waals surface area contributed by atoms with Crippen molar-refractivity contribution in [3.8, 4) is 0 Å². The molecule has 0 aromatic carbocycles. The van der Waals surface area contributed by atoms with E-state index in [1.54, 1.807) is 6.92 Å². The first-order valence-corrected chi connectivity index (χ1v) is 9.92. The van der Waals surface area contributed by atoms with Crippen LogP contribution < -0.4 is 5.56 Å². The Bertz CT molecular complexity index is 718. The van der Waals surface area contributed by atoms with Gasteiger partial charge in [0.25, 0.3) is 5.56 Å². The predicted molar refractivity (Wildman–Crippen MR) is 81.8 cm³/mol. The Labute approximate surface area is 139 Å². The number of ether oxygens (including phenoxy) is 1. The SMILES string of the molecule is Cc1cn([C@@H]2O[C@H](COP(=O)(Cl)Cl)[C@H](O)C2O)c(=S)[nH]c1=O. The fourth-order valence-electron chi connectivity index (χ4n) is 2.03. The maximum absolute atomic E-state index is 11.5. The fraction of sp³-hybridized carbons (Fsp3) is 0.600. The van der Waals surface area contributed by atoms with Crippen molar-refractivity contribution in [3.63, 3.8) is 0 Å². The molecule has 8 nitrogen and oxygen atoms in total. The zero-order valence-electron chi connectivity index (χ0n) is 11.2. The third-order valence-electron chi connectivity index (χ3n) is 3.15. The maximum Gasteiger partial charge on any atom is 0.380 e. The van der Waals surface area contributed by atoms with E-state index in [2.05, 4.69) is 9.51 Å². The smallest absolute Gasteiger partial charge is 0.380 e. The van der Waals surface area contributed by atoms with Crippen LogP contribution in [0.1, 0.15) is 11.8 Å². The number of nitrogens with zero attached hydrogens (tertiary/aromatic N) is 1. The van der Waals surface area contributed by atoms with Gasteiger partial charge >= 0.3 is 6.07 Å². The van der Waals surface area contributed by atoms with Gasteiger partial charge in [-0.05, 0) is 41.6 Å². The zero-order chi connectivity index (χ0) is 16.7. The van der Waals surface area contributed by atoms with Gasteiger partial charge in [0.1, 0.15) is 18.3 Å². The van der Waals surface area contributed by atoms with Gasteiger partial charge in [-0.15, -0.1) is 0 Å². The van der Waals surface area contributed by atoms with E-state index in [0.717, 1.165) is 0 Å². The molecule has 0 aliphatic carbocycles. The standard InChI is InChI=1S/C10H13Cl2N2O6PS/c1-4-2-14(10(22)13-8(4)17)9-7(16)6(15)5(20-9)3-19-21(11,12)18/h2,5-7,9,15-16H,3H2,1H3,(H,13,17,22)/t5-,6+,7?,9-/m1/s1. The van der Waals surface area contributed by atoms with Gasteiger partial charge in [0, 0.05) is 11.8 Å². The molecular weight excluding hydrogens is 378 g/mol. The summed E-state index contributed by atoms with van der Waals surface area (Å²) >= 11 is 15.5. The molecule has 1 unspecified atom stereocenters. The van der Waals surface area contributed by atoms with E-state index in [9.17, 15) is 19.6 Å². The van der Waals surface area contributed by atoms with Gasteiger partial charge in [0.05, 0.1) is 6.61 Å². The molecule has 1 aromatic heterocycles. The molecule has 0 saturated carbocycles. The Hall–Kier alpha value is -0.250. The molecule has 1 fully saturated rings. The van der Waals surface area contributed by atoms with E-state index in [4.69, 9.17) is 39.4 Å². The number of hydrogen-bond donors (Lipinski definition) is 3. The number of aliphatic hydroxyl groups is 2. The van der Waals surface area contributed by atoms with E-state index < -0.39 is 30.6 Å². The number of rotatable bonds is 4. The highest BCUT2D eigenvalue weighted by Gasteiger charge is 2.44. The first-order valence-electron chi connectivity index (χ1n) is 6.07. The Morgan fingerprint density at radius 3 is 2.73 bits per heavy atom. The van der Waals surface area contributed by atoms with Crippen LogP contribution in [0.25, 0.3) is 0 Å². The topological polar surface area (TPSA) is 114 Å². The number of aromatic nitrogens is 2. The summed E-state index contributed by atoms with van der Waals surface area (Å²) in [5.74, 6) is 0. The molecule has 4 atom stereocenters. The number of aryl methyl sites for hydroxylation is 1. The summed E-state index contributed by atoms with van der Waals surface area (Å²) in [5.41, 5.74) is -0.0102. The van der Waals surface area contributed by atoms with Crippen molar-refractivity contribution in [2.24, 2.45) is 0 Å². The predicted octanol–water partition coefficient (Wildman–Crippen LogP) is 1.44. The molecule has 22 heavy (non-hydrogen) atoms. The van der Waals surface area contributed by atoms with Crippen molar-refractivity contribution in [3.05, 3.63) is 26.9 Å². The van der Waals surface area contributed by atoms with Gasteiger partial charge in [0.2, 0.25) is 0 Å². The van der Waals surface area contributed by atoms with E-state index in [-0.39, 0.29) is 16.9 Å². The van der Waals surface area contributed by atoms with Crippen molar-refractivity contribution >= 4 is 40.8 Å². The van der Waals surface area contributed by atoms with Gasteiger partial charge in [0.15, 0.2) is 11.0 Å². The number of aromatic amines is 1. The van der Waals surface area contributed by atoms with Crippen LogP contribution in [0.3, 0.4) is 0 Å². The summed E-state index contributed by atoms with van der Waals surface area (Å²) in [6, 6.07) is 0. The summed E-state index contributed by atoms with van der Waals surface area (Å²) in [5, 5.41) is 20.0. The highest BCUT2D eigenvalue weighted by atomic mass is 35.9. The van der Waals surface area contributed by atoms with Crippen LogP contribution in [0.2, 0.25) is 0 Å². The Balaban J connectivity index is 2.23. The normalized spacial score (nSPS) is 29.0. The largest absolute Gasteiger partial charge is 0.387 e. The molecule has 2 heterocycles. The molecule has 124 valence electrons. The van der Waals surface area contributed by atoms with E-state index in [0.29, 0.717) is 5.56 Å². The van der Waals surface area contributed by atoms with Crippen LogP contribution in [-0.2, 0) is 13.8 Å². The van der Waals surface area contributed by atoms with Crippen LogP contribution in [-0.4, -0.2) is 44.7 Å². The summed E-state index contributed by atoms with van der Waals surface area (Å²) in [6.45, 7) is 1.17. The highest BCUT2D eigenvalue weighted by Crippen LogP contribution is 2.57. The molecule has 0 spiro atoms. The lowest BCUT2D eigenvalue weighted by Crippen LogP contribution is -2.33. The Morgan fingerprint density at radius 1 is 1.50 bits per heavy atom. The molecule has 1 aromatic rings. The van der Waals surface area contributed by atoms with Gasteiger partial charge < -0.3 is 19.5 Å². The van der Waals surface area contributed by atoms with Crippen molar-refractivity contribution < 1.29 is 24.0 Å². The molecule has 12 heteroatoms. The van der Waals surface area contributed by atoms with E-state index >= 15 is 0 Å². The second-order valence-corrected chi connectivity index (χ2v) is 9.40. The second kappa shape index (κ2) is 6.70. The Kier molecular flexibility index (Phi) is 5.51. The molecule has 1 aliphatic heterocycles. The minimum atomic E-state index is -3.78. The van der Waals surface area contributed by atoms with Crippen LogP contribution in [0.4, 0.5) is 0 Å². The number of halogens is 2. The molecule has 0 radical (unpaired) electrons. The molecule has 1 saturated heterocycles. The molecule has 3 N–H and O–H groups in total. The number of nitrogens with one attached hydrogen (secondary N) is 1. The molecule has 1 aliphatic rings. The monoisotopic (exact) mass is 390 g/mol. The molecule has 0 amide bonds. The van der Waals surface area contributed by atoms with Crippen molar-refractivity contribution in [1.29, 1.82) is 0 Å². The summed E-state index contributed by atoms with van der Waals surface area (Å²) in [6.07, 6.45) is -7.11. The maximum atomic E-state index is 11.5. The lowest BCUT2D eigenvalue weighted by atomic mass is 10.1. The lowest BCUT2D eigenvalue weighted by molar-refractivity contribution is -0.0498. The van der Waals surface area contributed by atoms with Crippen LogP contribution in [0.5, 0.6) is 0 Å². The molecular formula is C10H13Cl2N2O6PS. The minimum Gasteiger partial charge on any atom is -0.387 e. The molecule has 2 rings (SSSR count). The summed E-state index contributed by atoms with van der Waals surface area (Å²) in [7, 11) is 0. The minimum absolute atomic E-state index is 0.0220. The van der Waals surface area contributed by atoms with Crippen LogP contribution in [0, 0.1) is 11.7 Å². The first-order chi connectivity index (χ1) is 10.1. The first kappa shape index (κ1) is 18.1. The zero-order valence-corrected chi connectivity index (χ0v) is 14.4. The van der Waals surface area contributed by atoms with E-state index in [1.165, 1.54) is 10.8 Å².